The van der Waals surface area contributed by atoms with Gasteiger partial charge in [-0.3, -0.25) is 14.5 Å². The van der Waals surface area contributed by atoms with Crippen LogP contribution in [-0.4, -0.2) is 54.6 Å². The van der Waals surface area contributed by atoms with Crippen LogP contribution >= 0.6 is 0 Å². The standard InChI is InChI=1S/C22H30N4O3/c1-21(2)13-23-20(28)22(24-14-21)6-8-26(9-7-22)12-16-10-15-11-17(29-3)4-5-18(15)25-19(16)27/h4-5,10-11,24H,6-9,12-14H2,1-3H3,(H,23,28)(H,25,27). The number of rotatable bonds is 3. The number of aromatic amines is 1. The van der Waals surface area contributed by atoms with E-state index in [1.165, 1.54) is 0 Å². The third kappa shape index (κ3) is 4.02. The molecule has 1 amide bonds. The number of benzene rings is 1. The normalized spacial score (nSPS) is 21.7. The molecule has 2 saturated heterocycles. The highest BCUT2D eigenvalue weighted by Gasteiger charge is 2.44. The molecule has 1 aromatic carbocycles. The Balaban J connectivity index is 1.47. The fourth-order valence-electron chi connectivity index (χ4n) is 4.25. The van der Waals surface area contributed by atoms with Crippen molar-refractivity contribution in [3.8, 4) is 5.75 Å². The Hall–Kier alpha value is -2.38. The van der Waals surface area contributed by atoms with E-state index in [0.717, 1.165) is 54.7 Å². The molecule has 7 nitrogen and oxygen atoms in total. The van der Waals surface area contributed by atoms with Crippen molar-refractivity contribution in [2.24, 2.45) is 5.41 Å². The molecule has 29 heavy (non-hydrogen) atoms. The summed E-state index contributed by atoms with van der Waals surface area (Å²) in [6.07, 6.45) is 1.49. The number of fused-ring (bicyclic) bond motifs is 1. The van der Waals surface area contributed by atoms with Gasteiger partial charge >= 0.3 is 0 Å². The summed E-state index contributed by atoms with van der Waals surface area (Å²) in [5.41, 5.74) is 1.04. The Labute approximate surface area is 170 Å². The Bertz CT molecular complexity index is 974. The number of likely N-dealkylation sites (tertiary alicyclic amines) is 1. The summed E-state index contributed by atoms with van der Waals surface area (Å²) >= 11 is 0. The van der Waals surface area contributed by atoms with Crippen molar-refractivity contribution in [3.05, 3.63) is 40.2 Å². The van der Waals surface area contributed by atoms with Crippen LogP contribution in [-0.2, 0) is 11.3 Å². The first-order valence-electron chi connectivity index (χ1n) is 10.3. The number of methoxy groups -OCH3 is 1. The summed E-state index contributed by atoms with van der Waals surface area (Å²) in [7, 11) is 1.64. The minimum Gasteiger partial charge on any atom is -0.497 e. The topological polar surface area (TPSA) is 86.5 Å². The molecule has 1 aromatic heterocycles. The van der Waals surface area contributed by atoms with Crippen molar-refractivity contribution in [2.45, 2.75) is 38.8 Å². The number of carbonyl (C=O) groups is 1. The maximum atomic E-state index is 12.7. The van der Waals surface area contributed by atoms with Gasteiger partial charge in [0.25, 0.3) is 5.56 Å². The highest BCUT2D eigenvalue weighted by molar-refractivity contribution is 5.87. The van der Waals surface area contributed by atoms with Crippen molar-refractivity contribution in [1.29, 1.82) is 0 Å². The maximum absolute atomic E-state index is 12.7. The number of H-pyrrole nitrogens is 1. The molecule has 2 aromatic rings. The molecule has 0 unspecified atom stereocenters. The predicted octanol–water partition coefficient (Wildman–Crippen LogP) is 1.62. The van der Waals surface area contributed by atoms with Gasteiger partial charge in [0.2, 0.25) is 5.91 Å². The second kappa shape index (κ2) is 7.46. The minimum atomic E-state index is -0.493. The molecule has 156 valence electrons. The Morgan fingerprint density at radius 2 is 1.86 bits per heavy atom. The van der Waals surface area contributed by atoms with Gasteiger partial charge in [-0.15, -0.1) is 0 Å². The highest BCUT2D eigenvalue weighted by atomic mass is 16.5. The zero-order valence-corrected chi connectivity index (χ0v) is 17.4. The zero-order chi connectivity index (χ0) is 20.6. The number of hydrogen-bond donors (Lipinski definition) is 3. The summed E-state index contributed by atoms with van der Waals surface area (Å²) in [4.78, 5) is 30.5. The molecule has 1 spiro atoms. The molecule has 0 atom stereocenters. The number of pyridine rings is 1. The lowest BCUT2D eigenvalue weighted by Crippen LogP contribution is -2.60. The fraction of sp³-hybridized carbons (Fsp3) is 0.545. The maximum Gasteiger partial charge on any atom is 0.252 e. The van der Waals surface area contributed by atoms with Crippen LogP contribution in [0.15, 0.2) is 29.1 Å². The smallest absolute Gasteiger partial charge is 0.252 e. The van der Waals surface area contributed by atoms with Crippen molar-refractivity contribution >= 4 is 16.8 Å². The van der Waals surface area contributed by atoms with E-state index in [4.69, 9.17) is 4.74 Å². The Kier molecular flexibility index (Phi) is 5.12. The van der Waals surface area contributed by atoms with Crippen LogP contribution in [0.5, 0.6) is 5.75 Å². The van der Waals surface area contributed by atoms with E-state index in [1.807, 2.05) is 24.3 Å². The monoisotopic (exact) mass is 398 g/mol. The fourth-order valence-corrected chi connectivity index (χ4v) is 4.25. The Morgan fingerprint density at radius 3 is 2.59 bits per heavy atom. The molecule has 4 rings (SSSR count). The number of nitrogens with zero attached hydrogens (tertiary/aromatic N) is 1. The molecule has 7 heteroatoms. The second-order valence-corrected chi connectivity index (χ2v) is 9.14. The molecule has 2 aliphatic rings. The largest absolute Gasteiger partial charge is 0.497 e. The summed E-state index contributed by atoms with van der Waals surface area (Å²) in [6, 6.07) is 7.58. The van der Waals surface area contributed by atoms with E-state index in [9.17, 15) is 9.59 Å². The molecule has 3 N–H and O–H groups in total. The molecule has 0 aliphatic carbocycles. The first-order chi connectivity index (χ1) is 13.8. The van der Waals surface area contributed by atoms with Crippen LogP contribution in [0.25, 0.3) is 10.9 Å². The highest BCUT2D eigenvalue weighted by Crippen LogP contribution is 2.28. The summed E-state index contributed by atoms with van der Waals surface area (Å²) in [6.45, 7) is 7.96. The summed E-state index contributed by atoms with van der Waals surface area (Å²) in [5.74, 6) is 0.877. The van der Waals surface area contributed by atoms with Gasteiger partial charge in [0, 0.05) is 49.2 Å². The molecule has 3 heterocycles. The number of amides is 1. The zero-order valence-electron chi connectivity index (χ0n) is 17.4. The lowest BCUT2D eigenvalue weighted by Gasteiger charge is -2.40. The quantitative estimate of drug-likeness (QED) is 0.731. The second-order valence-electron chi connectivity index (χ2n) is 9.14. The van der Waals surface area contributed by atoms with Crippen molar-refractivity contribution in [3.63, 3.8) is 0 Å². The van der Waals surface area contributed by atoms with E-state index < -0.39 is 5.54 Å². The number of carbonyl (C=O) groups excluding carboxylic acids is 1. The molecule has 2 fully saturated rings. The van der Waals surface area contributed by atoms with Gasteiger partial charge in [-0.05, 0) is 42.5 Å². The number of nitrogens with one attached hydrogen (secondary N) is 3. The van der Waals surface area contributed by atoms with E-state index >= 15 is 0 Å². The van der Waals surface area contributed by atoms with E-state index in [1.54, 1.807) is 7.11 Å². The van der Waals surface area contributed by atoms with E-state index in [0.29, 0.717) is 13.1 Å². The molecule has 0 saturated carbocycles. The van der Waals surface area contributed by atoms with E-state index in [-0.39, 0.29) is 16.9 Å². The predicted molar refractivity (Wildman–Crippen MR) is 113 cm³/mol. The molecular weight excluding hydrogens is 368 g/mol. The average Bonchev–Trinajstić information content (AvgIpc) is 2.82. The third-order valence-corrected chi connectivity index (χ3v) is 6.30. The van der Waals surface area contributed by atoms with Crippen LogP contribution in [0.1, 0.15) is 32.3 Å². The summed E-state index contributed by atoms with van der Waals surface area (Å²) in [5, 5.41) is 7.62. The molecular formula is C22H30N4O3. The summed E-state index contributed by atoms with van der Waals surface area (Å²) < 4.78 is 5.29. The van der Waals surface area contributed by atoms with Gasteiger partial charge < -0.3 is 20.4 Å². The van der Waals surface area contributed by atoms with Gasteiger partial charge in [0.05, 0.1) is 7.11 Å². The van der Waals surface area contributed by atoms with Gasteiger partial charge in [-0.25, -0.2) is 0 Å². The first-order valence-corrected chi connectivity index (χ1v) is 10.3. The van der Waals surface area contributed by atoms with Gasteiger partial charge in [-0.2, -0.15) is 0 Å². The third-order valence-electron chi connectivity index (χ3n) is 6.30. The lowest BCUT2D eigenvalue weighted by atomic mass is 9.86. The molecule has 0 bridgehead atoms. The van der Waals surface area contributed by atoms with Crippen LogP contribution < -0.4 is 20.9 Å². The number of piperidine rings is 1. The van der Waals surface area contributed by atoms with Crippen molar-refractivity contribution < 1.29 is 9.53 Å². The van der Waals surface area contributed by atoms with Crippen molar-refractivity contribution in [1.82, 2.24) is 20.5 Å². The lowest BCUT2D eigenvalue weighted by molar-refractivity contribution is -0.129. The van der Waals surface area contributed by atoms with Crippen LogP contribution in [0.4, 0.5) is 0 Å². The first kappa shape index (κ1) is 19.9. The SMILES string of the molecule is COc1ccc2[nH]c(=O)c(CN3CCC4(CC3)NCC(C)(C)CNC4=O)cc2c1. The van der Waals surface area contributed by atoms with Gasteiger partial charge in [-0.1, -0.05) is 13.8 Å². The van der Waals surface area contributed by atoms with E-state index in [2.05, 4.69) is 34.4 Å². The molecule has 2 aliphatic heterocycles. The van der Waals surface area contributed by atoms with Gasteiger partial charge in [0.15, 0.2) is 0 Å². The number of aromatic nitrogens is 1. The van der Waals surface area contributed by atoms with Crippen LogP contribution in [0.2, 0.25) is 0 Å². The van der Waals surface area contributed by atoms with Crippen LogP contribution in [0.3, 0.4) is 0 Å². The molecule has 0 radical (unpaired) electrons. The Morgan fingerprint density at radius 1 is 1.10 bits per heavy atom. The number of ether oxygens (including phenoxy) is 1. The van der Waals surface area contributed by atoms with Gasteiger partial charge in [0.1, 0.15) is 11.3 Å². The average molecular weight is 399 g/mol. The minimum absolute atomic E-state index is 0.0513. The van der Waals surface area contributed by atoms with Crippen LogP contribution in [0, 0.1) is 5.41 Å². The van der Waals surface area contributed by atoms with Crippen molar-refractivity contribution in [2.75, 3.05) is 33.3 Å². The number of hydrogen-bond acceptors (Lipinski definition) is 5.